The molecule has 5 heteroatoms. The van der Waals surface area contributed by atoms with Gasteiger partial charge in [0.1, 0.15) is 6.10 Å². The van der Waals surface area contributed by atoms with Crippen molar-refractivity contribution in [2.24, 2.45) is 0 Å². The third-order valence-corrected chi connectivity index (χ3v) is 4.51. The van der Waals surface area contributed by atoms with Gasteiger partial charge in [0.2, 0.25) is 0 Å². The molecule has 25 heavy (non-hydrogen) atoms. The average molecular weight is 334 g/mol. The molecule has 1 aliphatic rings. The lowest BCUT2D eigenvalue weighted by Crippen LogP contribution is -2.38. The first-order valence-electron chi connectivity index (χ1n) is 8.67. The van der Waals surface area contributed by atoms with Crippen molar-refractivity contribution in [1.29, 1.82) is 0 Å². The van der Waals surface area contributed by atoms with E-state index >= 15 is 0 Å². The maximum atomic E-state index is 5.94. The van der Waals surface area contributed by atoms with E-state index in [1.54, 1.807) is 0 Å². The smallest absolute Gasteiger partial charge is 0.158 e. The zero-order valence-electron chi connectivity index (χ0n) is 14.6. The molecule has 2 aromatic heterocycles. The highest BCUT2D eigenvalue weighted by molar-refractivity contribution is 5.78. The summed E-state index contributed by atoms with van der Waals surface area (Å²) >= 11 is 0. The number of aryl methyl sites for hydroxylation is 2. The Hall–Kier alpha value is -2.37. The zero-order chi connectivity index (χ0) is 17.2. The molecule has 3 aromatic rings. The standard InChI is InChI=1S/C20H22N4O/c1-14-10-15(2)23-20(22-14)19-13-24(8-9-25-19)12-16-5-6-18-17(11-16)4-3-7-21-18/h3-7,10-11,19H,8-9,12-13H2,1-2H3. The van der Waals surface area contributed by atoms with Crippen LogP contribution >= 0.6 is 0 Å². The second-order valence-corrected chi connectivity index (χ2v) is 6.63. The topological polar surface area (TPSA) is 51.1 Å². The quantitative estimate of drug-likeness (QED) is 0.736. The molecule has 0 radical (unpaired) electrons. The lowest BCUT2D eigenvalue weighted by atomic mass is 10.1. The molecule has 0 amide bonds. The molecule has 0 N–H and O–H groups in total. The van der Waals surface area contributed by atoms with E-state index in [4.69, 9.17) is 4.74 Å². The van der Waals surface area contributed by atoms with E-state index in [2.05, 4.69) is 44.1 Å². The predicted molar refractivity (Wildman–Crippen MR) is 97.2 cm³/mol. The van der Waals surface area contributed by atoms with Crippen LogP contribution in [0.2, 0.25) is 0 Å². The van der Waals surface area contributed by atoms with Gasteiger partial charge in [-0.15, -0.1) is 0 Å². The van der Waals surface area contributed by atoms with Gasteiger partial charge >= 0.3 is 0 Å². The summed E-state index contributed by atoms with van der Waals surface area (Å²) in [7, 11) is 0. The monoisotopic (exact) mass is 334 g/mol. The van der Waals surface area contributed by atoms with E-state index in [1.807, 2.05) is 32.2 Å². The number of benzene rings is 1. The van der Waals surface area contributed by atoms with Crippen LogP contribution in [-0.4, -0.2) is 39.5 Å². The number of rotatable bonds is 3. The van der Waals surface area contributed by atoms with Crippen LogP contribution in [0, 0.1) is 13.8 Å². The van der Waals surface area contributed by atoms with Crippen LogP contribution in [0.5, 0.6) is 0 Å². The fourth-order valence-corrected chi connectivity index (χ4v) is 3.38. The van der Waals surface area contributed by atoms with Crippen molar-refractivity contribution in [3.63, 3.8) is 0 Å². The summed E-state index contributed by atoms with van der Waals surface area (Å²) in [6, 6.07) is 12.6. The predicted octanol–water partition coefficient (Wildman–Crippen LogP) is 3.22. The molecule has 128 valence electrons. The molecule has 4 rings (SSSR count). The number of nitrogens with zero attached hydrogens (tertiary/aromatic N) is 4. The number of pyridine rings is 1. The van der Waals surface area contributed by atoms with Crippen molar-refractivity contribution in [3.8, 4) is 0 Å². The van der Waals surface area contributed by atoms with Gasteiger partial charge in [0.05, 0.1) is 12.1 Å². The molecule has 0 aliphatic carbocycles. The van der Waals surface area contributed by atoms with Gasteiger partial charge in [0, 0.05) is 42.6 Å². The van der Waals surface area contributed by atoms with Gasteiger partial charge in [0.15, 0.2) is 5.82 Å². The molecule has 1 fully saturated rings. The van der Waals surface area contributed by atoms with E-state index in [9.17, 15) is 0 Å². The number of hydrogen-bond acceptors (Lipinski definition) is 5. The van der Waals surface area contributed by atoms with Crippen LogP contribution in [0.4, 0.5) is 0 Å². The fourth-order valence-electron chi connectivity index (χ4n) is 3.38. The van der Waals surface area contributed by atoms with Crippen molar-refractivity contribution < 1.29 is 4.74 Å². The second kappa shape index (κ2) is 6.86. The van der Waals surface area contributed by atoms with Gasteiger partial charge in [-0.3, -0.25) is 9.88 Å². The van der Waals surface area contributed by atoms with Crippen LogP contribution in [-0.2, 0) is 11.3 Å². The molecule has 1 aliphatic heterocycles. The molecular weight excluding hydrogens is 312 g/mol. The van der Waals surface area contributed by atoms with Gasteiger partial charge in [-0.2, -0.15) is 0 Å². The minimum absolute atomic E-state index is 0.0607. The van der Waals surface area contributed by atoms with Gasteiger partial charge in [0.25, 0.3) is 0 Å². The molecule has 3 heterocycles. The third-order valence-electron chi connectivity index (χ3n) is 4.51. The molecular formula is C20H22N4O. The summed E-state index contributed by atoms with van der Waals surface area (Å²) in [5.41, 5.74) is 4.31. The molecule has 5 nitrogen and oxygen atoms in total. The summed E-state index contributed by atoms with van der Waals surface area (Å²) in [5.74, 6) is 0.796. The minimum Gasteiger partial charge on any atom is -0.368 e. The van der Waals surface area contributed by atoms with Crippen molar-refractivity contribution in [2.45, 2.75) is 26.5 Å². The Balaban J connectivity index is 1.50. The Bertz CT molecular complexity index is 876. The molecule has 1 unspecified atom stereocenters. The molecule has 0 saturated carbocycles. The van der Waals surface area contributed by atoms with E-state index in [1.165, 1.54) is 10.9 Å². The lowest BCUT2D eigenvalue weighted by Gasteiger charge is -2.32. The first-order chi connectivity index (χ1) is 12.2. The Kier molecular flexibility index (Phi) is 4.42. The average Bonchev–Trinajstić information content (AvgIpc) is 2.61. The van der Waals surface area contributed by atoms with Crippen molar-refractivity contribution in [2.75, 3.05) is 19.7 Å². The summed E-state index contributed by atoms with van der Waals surface area (Å²) in [6.45, 7) is 7.34. The van der Waals surface area contributed by atoms with Crippen LogP contribution < -0.4 is 0 Å². The molecule has 0 spiro atoms. The molecule has 0 bridgehead atoms. The third kappa shape index (κ3) is 3.67. The van der Waals surface area contributed by atoms with Gasteiger partial charge in [-0.25, -0.2) is 9.97 Å². The molecule has 1 aromatic carbocycles. The number of ether oxygens (including phenoxy) is 1. The summed E-state index contributed by atoms with van der Waals surface area (Å²) < 4.78 is 5.94. The number of morpholine rings is 1. The van der Waals surface area contributed by atoms with E-state index in [0.29, 0.717) is 6.61 Å². The summed E-state index contributed by atoms with van der Waals surface area (Å²) in [6.07, 6.45) is 1.77. The lowest BCUT2D eigenvalue weighted by molar-refractivity contribution is -0.0373. The fraction of sp³-hybridized carbons (Fsp3) is 0.350. The minimum atomic E-state index is -0.0607. The largest absolute Gasteiger partial charge is 0.368 e. The second-order valence-electron chi connectivity index (χ2n) is 6.63. The maximum absolute atomic E-state index is 5.94. The van der Waals surface area contributed by atoms with Crippen molar-refractivity contribution in [3.05, 3.63) is 65.4 Å². The van der Waals surface area contributed by atoms with E-state index in [0.717, 1.165) is 42.4 Å². The maximum Gasteiger partial charge on any atom is 0.158 e. The zero-order valence-corrected chi connectivity index (χ0v) is 14.6. The van der Waals surface area contributed by atoms with Gasteiger partial charge in [-0.1, -0.05) is 12.1 Å². The molecule has 1 saturated heterocycles. The SMILES string of the molecule is Cc1cc(C)nc(C2CN(Cc3ccc4ncccc4c3)CCO2)n1. The van der Waals surface area contributed by atoms with Crippen LogP contribution in [0.25, 0.3) is 10.9 Å². The van der Waals surface area contributed by atoms with Crippen molar-refractivity contribution in [1.82, 2.24) is 19.9 Å². The van der Waals surface area contributed by atoms with Crippen LogP contribution in [0.1, 0.15) is 28.9 Å². The van der Waals surface area contributed by atoms with E-state index in [-0.39, 0.29) is 6.10 Å². The summed E-state index contributed by atoms with van der Waals surface area (Å²) in [5, 5.41) is 1.18. The highest BCUT2D eigenvalue weighted by Gasteiger charge is 2.24. The Morgan fingerprint density at radius 3 is 2.80 bits per heavy atom. The number of aromatic nitrogens is 3. The molecule has 1 atom stereocenters. The van der Waals surface area contributed by atoms with Crippen molar-refractivity contribution >= 4 is 10.9 Å². The van der Waals surface area contributed by atoms with Gasteiger partial charge in [-0.05, 0) is 43.7 Å². The highest BCUT2D eigenvalue weighted by Crippen LogP contribution is 2.22. The van der Waals surface area contributed by atoms with Gasteiger partial charge < -0.3 is 4.74 Å². The Labute approximate surface area is 147 Å². The van der Waals surface area contributed by atoms with Crippen LogP contribution in [0.15, 0.2) is 42.6 Å². The van der Waals surface area contributed by atoms with Crippen LogP contribution in [0.3, 0.4) is 0 Å². The normalized spacial score (nSPS) is 18.6. The Morgan fingerprint density at radius 1 is 1.12 bits per heavy atom. The first-order valence-corrected chi connectivity index (χ1v) is 8.67. The highest BCUT2D eigenvalue weighted by atomic mass is 16.5. The van der Waals surface area contributed by atoms with E-state index < -0.39 is 0 Å². The number of fused-ring (bicyclic) bond motifs is 1. The summed E-state index contributed by atoms with van der Waals surface area (Å²) in [4.78, 5) is 15.9. The Morgan fingerprint density at radius 2 is 1.96 bits per heavy atom. The first kappa shape index (κ1) is 16.1. The number of hydrogen-bond donors (Lipinski definition) is 0.